The molecule has 0 aliphatic heterocycles. The maximum absolute atomic E-state index is 12.4. The lowest BCUT2D eigenvalue weighted by Crippen LogP contribution is -2.44. The van der Waals surface area contributed by atoms with Crippen LogP contribution in [0.15, 0.2) is 83.9 Å². The summed E-state index contributed by atoms with van der Waals surface area (Å²) in [6.07, 6.45) is 1.56. The zero-order valence-electron chi connectivity index (χ0n) is 15.1. The Labute approximate surface area is 173 Å². The van der Waals surface area contributed by atoms with Crippen molar-refractivity contribution < 1.29 is 22.6 Å². The standard InChI is InChI=1S/C20H16ClN3O4S/c21-19-17(20(26)22-23-29(27,28)16-10-5-2-6-11-16)12-7-13-24(19)14-18(25)15-8-3-1-4-9-15/h1-13,23H,14H2/p+1. The van der Waals surface area contributed by atoms with Gasteiger partial charge in [0.25, 0.3) is 21.1 Å². The molecule has 0 bridgehead atoms. The van der Waals surface area contributed by atoms with Crippen LogP contribution in [-0.2, 0) is 16.6 Å². The molecular weight excluding hydrogens is 414 g/mol. The van der Waals surface area contributed by atoms with Crippen LogP contribution in [-0.4, -0.2) is 20.1 Å². The van der Waals surface area contributed by atoms with E-state index in [1.165, 1.54) is 22.8 Å². The summed E-state index contributed by atoms with van der Waals surface area (Å²) in [4.78, 5) is 26.8. The SMILES string of the molecule is O=C(C[n+]1cccc(C(=O)NNS(=O)(=O)c2ccccc2)c1Cl)c1ccccc1. The van der Waals surface area contributed by atoms with E-state index in [-0.39, 0.29) is 27.9 Å². The molecule has 0 atom stereocenters. The number of nitrogens with zero attached hydrogens (tertiary/aromatic N) is 1. The molecule has 0 saturated heterocycles. The number of halogens is 1. The summed E-state index contributed by atoms with van der Waals surface area (Å²) < 4.78 is 25.8. The summed E-state index contributed by atoms with van der Waals surface area (Å²) in [6, 6.07) is 19.3. The number of pyridine rings is 1. The number of amides is 1. The first-order valence-electron chi connectivity index (χ1n) is 8.52. The number of Topliss-reactive ketones (excluding diaryl/α,β-unsaturated/α-hetero) is 1. The van der Waals surface area contributed by atoms with Crippen molar-refractivity contribution >= 4 is 33.3 Å². The van der Waals surface area contributed by atoms with Gasteiger partial charge in [-0.15, -0.1) is 4.83 Å². The summed E-state index contributed by atoms with van der Waals surface area (Å²) in [5, 5.41) is 0.00758. The van der Waals surface area contributed by atoms with Gasteiger partial charge in [-0.25, -0.2) is 8.42 Å². The Morgan fingerprint density at radius 2 is 1.52 bits per heavy atom. The van der Waals surface area contributed by atoms with Crippen LogP contribution >= 0.6 is 11.6 Å². The maximum Gasteiger partial charge on any atom is 0.288 e. The number of ketones is 1. The number of rotatable bonds is 7. The molecule has 3 rings (SSSR count). The second kappa shape index (κ2) is 8.95. The number of aromatic nitrogens is 1. The van der Waals surface area contributed by atoms with E-state index >= 15 is 0 Å². The molecule has 148 valence electrons. The van der Waals surface area contributed by atoms with Crippen molar-refractivity contribution in [3.05, 3.63) is 95.3 Å². The van der Waals surface area contributed by atoms with Gasteiger partial charge in [0.15, 0.2) is 6.20 Å². The fourth-order valence-corrected chi connectivity index (χ4v) is 3.66. The molecule has 0 aliphatic rings. The Morgan fingerprint density at radius 3 is 2.17 bits per heavy atom. The number of hydrogen-bond donors (Lipinski definition) is 2. The normalized spacial score (nSPS) is 11.1. The van der Waals surface area contributed by atoms with Crippen LogP contribution in [0.25, 0.3) is 0 Å². The van der Waals surface area contributed by atoms with E-state index in [1.807, 2.05) is 4.83 Å². The van der Waals surface area contributed by atoms with Crippen LogP contribution in [0.3, 0.4) is 0 Å². The lowest BCUT2D eigenvalue weighted by atomic mass is 10.1. The summed E-state index contributed by atoms with van der Waals surface area (Å²) in [6.45, 7) is -0.0697. The lowest BCUT2D eigenvalue weighted by Gasteiger charge is -2.09. The summed E-state index contributed by atoms with van der Waals surface area (Å²) in [5.74, 6) is -0.934. The van der Waals surface area contributed by atoms with Crippen LogP contribution in [0.1, 0.15) is 20.7 Å². The Morgan fingerprint density at radius 1 is 0.897 bits per heavy atom. The van der Waals surface area contributed by atoms with E-state index in [9.17, 15) is 18.0 Å². The molecule has 0 fully saturated rings. The molecular formula is C20H17ClN3O4S+. The van der Waals surface area contributed by atoms with E-state index in [1.54, 1.807) is 60.8 Å². The smallest absolute Gasteiger partial charge is 0.287 e. The van der Waals surface area contributed by atoms with Gasteiger partial charge in [0, 0.05) is 11.6 Å². The lowest BCUT2D eigenvalue weighted by molar-refractivity contribution is -0.681. The molecule has 0 saturated carbocycles. The zero-order chi connectivity index (χ0) is 20.9. The predicted octanol–water partition coefficient (Wildman–Crippen LogP) is 2.13. The van der Waals surface area contributed by atoms with Crippen molar-refractivity contribution in [3.63, 3.8) is 0 Å². The van der Waals surface area contributed by atoms with Crippen LogP contribution < -0.4 is 14.8 Å². The summed E-state index contributed by atoms with van der Waals surface area (Å²) in [7, 11) is -3.93. The van der Waals surface area contributed by atoms with E-state index in [0.29, 0.717) is 5.56 Å². The fraction of sp³-hybridized carbons (Fsp3) is 0.0500. The van der Waals surface area contributed by atoms with Gasteiger partial charge in [0.1, 0.15) is 5.56 Å². The third-order valence-corrected chi connectivity index (χ3v) is 5.69. The number of carbonyl (C=O) groups excluding carboxylic acids is 2. The second-order valence-corrected chi connectivity index (χ2v) is 8.04. The van der Waals surface area contributed by atoms with E-state index in [2.05, 4.69) is 5.43 Å². The van der Waals surface area contributed by atoms with Crippen LogP contribution in [0, 0.1) is 0 Å². The quantitative estimate of drug-likeness (QED) is 0.260. The second-order valence-electron chi connectivity index (χ2n) is 6.00. The van der Waals surface area contributed by atoms with Crippen molar-refractivity contribution in [3.8, 4) is 0 Å². The molecule has 2 N–H and O–H groups in total. The van der Waals surface area contributed by atoms with Crippen molar-refractivity contribution in [2.75, 3.05) is 0 Å². The van der Waals surface area contributed by atoms with E-state index in [4.69, 9.17) is 11.6 Å². The van der Waals surface area contributed by atoms with Gasteiger partial charge in [0.2, 0.25) is 12.3 Å². The van der Waals surface area contributed by atoms with Crippen molar-refractivity contribution in [2.24, 2.45) is 0 Å². The van der Waals surface area contributed by atoms with Crippen LogP contribution in [0.2, 0.25) is 5.15 Å². The molecule has 0 spiro atoms. The largest absolute Gasteiger partial charge is 0.288 e. The Hall–Kier alpha value is -3.07. The molecule has 0 radical (unpaired) electrons. The summed E-state index contributed by atoms with van der Waals surface area (Å²) in [5.41, 5.74) is 2.67. The molecule has 0 aliphatic carbocycles. The minimum Gasteiger partial charge on any atom is -0.287 e. The summed E-state index contributed by atoms with van der Waals surface area (Å²) >= 11 is 6.27. The van der Waals surface area contributed by atoms with Gasteiger partial charge in [-0.05, 0) is 29.8 Å². The third kappa shape index (κ3) is 5.05. The highest BCUT2D eigenvalue weighted by molar-refractivity contribution is 7.89. The van der Waals surface area contributed by atoms with Gasteiger partial charge in [0.05, 0.1) is 4.90 Å². The molecule has 0 unspecified atom stereocenters. The predicted molar refractivity (Wildman–Crippen MR) is 107 cm³/mol. The molecule has 1 heterocycles. The average Bonchev–Trinajstić information content (AvgIpc) is 2.75. The van der Waals surface area contributed by atoms with Gasteiger partial charge in [-0.3, -0.25) is 15.0 Å². The third-order valence-electron chi connectivity index (χ3n) is 4.01. The van der Waals surface area contributed by atoms with Crippen molar-refractivity contribution in [2.45, 2.75) is 11.4 Å². The average molecular weight is 431 g/mol. The minimum atomic E-state index is -3.93. The van der Waals surface area contributed by atoms with Gasteiger partial charge >= 0.3 is 0 Å². The molecule has 7 nitrogen and oxygen atoms in total. The van der Waals surface area contributed by atoms with Crippen molar-refractivity contribution in [1.29, 1.82) is 0 Å². The van der Waals surface area contributed by atoms with Crippen LogP contribution in [0.4, 0.5) is 0 Å². The molecule has 29 heavy (non-hydrogen) atoms. The van der Waals surface area contributed by atoms with E-state index < -0.39 is 15.9 Å². The molecule has 3 aromatic rings. The fourth-order valence-electron chi connectivity index (χ4n) is 2.53. The van der Waals surface area contributed by atoms with Gasteiger partial charge in [-0.2, -0.15) is 4.57 Å². The highest BCUT2D eigenvalue weighted by atomic mass is 35.5. The minimum absolute atomic E-state index is 0.00276. The van der Waals surface area contributed by atoms with Crippen molar-refractivity contribution in [1.82, 2.24) is 10.3 Å². The number of nitrogens with one attached hydrogen (secondary N) is 2. The number of benzene rings is 2. The van der Waals surface area contributed by atoms with E-state index in [0.717, 1.165) is 0 Å². The first kappa shape index (κ1) is 20.7. The number of sulfonamides is 1. The number of hydrogen-bond acceptors (Lipinski definition) is 4. The maximum atomic E-state index is 12.4. The molecule has 1 amide bonds. The molecule has 1 aromatic heterocycles. The van der Waals surface area contributed by atoms with Crippen LogP contribution in [0.5, 0.6) is 0 Å². The highest BCUT2D eigenvalue weighted by Crippen LogP contribution is 2.11. The topological polar surface area (TPSA) is 96.2 Å². The zero-order valence-corrected chi connectivity index (χ0v) is 16.7. The number of carbonyl (C=O) groups is 2. The Bertz CT molecular complexity index is 1140. The molecule has 9 heteroatoms. The first-order chi connectivity index (χ1) is 13.9. The van der Waals surface area contributed by atoms with Gasteiger partial charge in [-0.1, -0.05) is 48.5 Å². The van der Waals surface area contributed by atoms with Gasteiger partial charge < -0.3 is 0 Å². The first-order valence-corrected chi connectivity index (χ1v) is 10.4. The monoisotopic (exact) mass is 430 g/mol. The Balaban J connectivity index is 1.73. The highest BCUT2D eigenvalue weighted by Gasteiger charge is 2.23. The molecule has 2 aromatic carbocycles. The number of hydrazine groups is 1. The Kier molecular flexibility index (Phi) is 6.38.